The Balaban J connectivity index is 1.64. The average Bonchev–Trinajstić information content (AvgIpc) is 2.95. The van der Waals surface area contributed by atoms with Crippen LogP contribution in [0.1, 0.15) is 32.1 Å². The highest BCUT2D eigenvalue weighted by Gasteiger charge is 2.42. The van der Waals surface area contributed by atoms with E-state index < -0.39 is 0 Å². The molecular weight excluding hydrogens is 230 g/mol. The van der Waals surface area contributed by atoms with Crippen LogP contribution in [0.15, 0.2) is 0 Å². The van der Waals surface area contributed by atoms with Crippen LogP contribution in [0.3, 0.4) is 0 Å². The van der Waals surface area contributed by atoms with Crippen LogP contribution in [0.4, 0.5) is 0 Å². The molecule has 3 N–H and O–H groups in total. The quantitative estimate of drug-likeness (QED) is 0.680. The number of fused-ring (bicyclic) bond motifs is 1. The summed E-state index contributed by atoms with van der Waals surface area (Å²) in [6.07, 6.45) is 4.60. The Bertz CT molecular complexity index is 371. The van der Waals surface area contributed by atoms with E-state index in [0.717, 1.165) is 19.5 Å². The lowest BCUT2D eigenvalue weighted by atomic mass is 9.78. The van der Waals surface area contributed by atoms with Gasteiger partial charge in [-0.05, 0) is 31.1 Å². The summed E-state index contributed by atoms with van der Waals surface area (Å²) in [7, 11) is 0. The normalized spacial score (nSPS) is 39.6. The van der Waals surface area contributed by atoms with Gasteiger partial charge in [-0.2, -0.15) is 0 Å². The van der Waals surface area contributed by atoms with Gasteiger partial charge in [0.25, 0.3) is 0 Å². The van der Waals surface area contributed by atoms with Crippen molar-refractivity contribution in [1.29, 1.82) is 0 Å². The van der Waals surface area contributed by atoms with E-state index in [0.29, 0.717) is 24.7 Å². The third kappa shape index (κ3) is 2.00. The Morgan fingerprint density at radius 1 is 1.28 bits per heavy atom. The molecule has 3 fully saturated rings. The fraction of sp³-hybridized carbons (Fsp3) is 0.846. The molecular formula is C13H21N3O2. The molecule has 18 heavy (non-hydrogen) atoms. The molecule has 4 atom stereocenters. The monoisotopic (exact) mass is 251 g/mol. The van der Waals surface area contributed by atoms with E-state index in [4.69, 9.17) is 5.73 Å². The molecule has 3 rings (SSSR count). The van der Waals surface area contributed by atoms with Crippen molar-refractivity contribution in [3.05, 3.63) is 0 Å². The summed E-state index contributed by atoms with van der Waals surface area (Å²) in [5, 5.41) is 2.76. The number of hydrogen-bond donors (Lipinski definition) is 2. The lowest BCUT2D eigenvalue weighted by molar-refractivity contribution is -0.133. The third-order valence-electron chi connectivity index (χ3n) is 4.76. The number of rotatable bonds is 1. The standard InChI is InChI=1S/C13H21N3O2/c14-10-3-1-2-8-6-16(7-9(8)10)13(18)11-4-5-12(17)15-11/h8-11H,1-7,14H2,(H,15,17). The zero-order valence-corrected chi connectivity index (χ0v) is 10.6. The van der Waals surface area contributed by atoms with E-state index in [1.807, 2.05) is 4.90 Å². The molecule has 5 heteroatoms. The number of carbonyl (C=O) groups is 2. The fourth-order valence-electron chi connectivity index (χ4n) is 3.72. The van der Waals surface area contributed by atoms with Crippen LogP contribution in [-0.2, 0) is 9.59 Å². The summed E-state index contributed by atoms with van der Waals surface area (Å²) in [6.45, 7) is 1.63. The zero-order valence-electron chi connectivity index (χ0n) is 10.6. The summed E-state index contributed by atoms with van der Waals surface area (Å²) >= 11 is 0. The summed E-state index contributed by atoms with van der Waals surface area (Å²) in [4.78, 5) is 25.4. The van der Waals surface area contributed by atoms with Crippen molar-refractivity contribution in [2.24, 2.45) is 17.6 Å². The first-order valence-electron chi connectivity index (χ1n) is 6.99. The van der Waals surface area contributed by atoms with Gasteiger partial charge in [0, 0.05) is 25.6 Å². The Labute approximate surface area is 107 Å². The van der Waals surface area contributed by atoms with E-state index in [1.165, 1.54) is 12.8 Å². The molecule has 0 aromatic heterocycles. The Morgan fingerprint density at radius 2 is 2.11 bits per heavy atom. The molecule has 0 radical (unpaired) electrons. The second-order valence-electron chi connectivity index (χ2n) is 5.92. The highest BCUT2D eigenvalue weighted by atomic mass is 16.2. The summed E-state index contributed by atoms with van der Waals surface area (Å²) in [5.74, 6) is 1.15. The number of nitrogens with zero attached hydrogens (tertiary/aromatic N) is 1. The van der Waals surface area contributed by atoms with Crippen LogP contribution in [0.2, 0.25) is 0 Å². The molecule has 0 aromatic carbocycles. The van der Waals surface area contributed by atoms with Crippen LogP contribution >= 0.6 is 0 Å². The lowest BCUT2D eigenvalue weighted by Crippen LogP contribution is -2.44. The van der Waals surface area contributed by atoms with Crippen LogP contribution in [0, 0.1) is 11.8 Å². The van der Waals surface area contributed by atoms with Gasteiger partial charge in [0.15, 0.2) is 0 Å². The van der Waals surface area contributed by atoms with Crippen molar-refractivity contribution < 1.29 is 9.59 Å². The van der Waals surface area contributed by atoms with Gasteiger partial charge in [-0.3, -0.25) is 9.59 Å². The van der Waals surface area contributed by atoms with Gasteiger partial charge >= 0.3 is 0 Å². The van der Waals surface area contributed by atoms with Crippen LogP contribution < -0.4 is 11.1 Å². The SMILES string of the molecule is NC1CCCC2CN(C(=O)C3CCC(=O)N3)CC12. The molecule has 2 amide bonds. The molecule has 0 bridgehead atoms. The molecule has 5 nitrogen and oxygen atoms in total. The van der Waals surface area contributed by atoms with Crippen molar-refractivity contribution in [2.75, 3.05) is 13.1 Å². The second kappa shape index (κ2) is 4.53. The topological polar surface area (TPSA) is 75.4 Å². The van der Waals surface area contributed by atoms with Gasteiger partial charge in [0.1, 0.15) is 6.04 Å². The molecule has 100 valence electrons. The van der Waals surface area contributed by atoms with Gasteiger partial charge in [-0.1, -0.05) is 6.42 Å². The first kappa shape index (κ1) is 12.0. The van der Waals surface area contributed by atoms with E-state index in [-0.39, 0.29) is 23.9 Å². The van der Waals surface area contributed by atoms with Crippen molar-refractivity contribution in [2.45, 2.75) is 44.2 Å². The maximum Gasteiger partial charge on any atom is 0.245 e. The Morgan fingerprint density at radius 3 is 2.78 bits per heavy atom. The minimum atomic E-state index is -0.283. The second-order valence-corrected chi connectivity index (χ2v) is 5.92. The molecule has 3 aliphatic rings. The first-order valence-corrected chi connectivity index (χ1v) is 6.99. The minimum absolute atomic E-state index is 0.00154. The van der Waals surface area contributed by atoms with E-state index in [2.05, 4.69) is 5.32 Å². The predicted octanol–water partition coefficient (Wildman–Crippen LogP) is -0.149. The third-order valence-corrected chi connectivity index (χ3v) is 4.76. The molecule has 0 aromatic rings. The van der Waals surface area contributed by atoms with Crippen LogP contribution in [-0.4, -0.2) is 41.9 Å². The summed E-state index contributed by atoms with van der Waals surface area (Å²) in [6, 6.07) is -0.0337. The minimum Gasteiger partial charge on any atom is -0.344 e. The summed E-state index contributed by atoms with van der Waals surface area (Å²) in [5.41, 5.74) is 6.15. The van der Waals surface area contributed by atoms with Gasteiger partial charge in [-0.25, -0.2) is 0 Å². The molecule has 1 saturated carbocycles. The van der Waals surface area contributed by atoms with Crippen molar-refractivity contribution >= 4 is 11.8 Å². The molecule has 2 saturated heterocycles. The highest BCUT2D eigenvalue weighted by Crippen LogP contribution is 2.35. The number of carbonyl (C=O) groups excluding carboxylic acids is 2. The maximum absolute atomic E-state index is 12.3. The van der Waals surface area contributed by atoms with Crippen LogP contribution in [0.5, 0.6) is 0 Å². The smallest absolute Gasteiger partial charge is 0.245 e. The lowest BCUT2D eigenvalue weighted by Gasteiger charge is -2.29. The van der Waals surface area contributed by atoms with Gasteiger partial charge in [0.05, 0.1) is 0 Å². The maximum atomic E-state index is 12.3. The van der Waals surface area contributed by atoms with Crippen molar-refractivity contribution in [1.82, 2.24) is 10.2 Å². The summed E-state index contributed by atoms with van der Waals surface area (Å²) < 4.78 is 0. The van der Waals surface area contributed by atoms with Gasteiger partial charge < -0.3 is 16.0 Å². The fourth-order valence-corrected chi connectivity index (χ4v) is 3.72. The number of amides is 2. The van der Waals surface area contributed by atoms with E-state index >= 15 is 0 Å². The number of hydrogen-bond acceptors (Lipinski definition) is 3. The number of nitrogens with one attached hydrogen (secondary N) is 1. The van der Waals surface area contributed by atoms with E-state index in [9.17, 15) is 9.59 Å². The van der Waals surface area contributed by atoms with E-state index in [1.54, 1.807) is 0 Å². The van der Waals surface area contributed by atoms with Gasteiger partial charge in [-0.15, -0.1) is 0 Å². The predicted molar refractivity (Wildman–Crippen MR) is 66.6 cm³/mol. The number of likely N-dealkylation sites (tertiary alicyclic amines) is 1. The molecule has 0 spiro atoms. The molecule has 1 aliphatic carbocycles. The first-order chi connectivity index (χ1) is 8.65. The highest BCUT2D eigenvalue weighted by molar-refractivity contribution is 5.90. The Kier molecular flexibility index (Phi) is 3.01. The van der Waals surface area contributed by atoms with Crippen molar-refractivity contribution in [3.8, 4) is 0 Å². The molecule has 2 heterocycles. The largest absolute Gasteiger partial charge is 0.344 e. The molecule has 2 aliphatic heterocycles. The van der Waals surface area contributed by atoms with Crippen LogP contribution in [0.25, 0.3) is 0 Å². The average molecular weight is 251 g/mol. The van der Waals surface area contributed by atoms with Gasteiger partial charge in [0.2, 0.25) is 11.8 Å². The Hall–Kier alpha value is -1.10. The molecule has 4 unspecified atom stereocenters. The van der Waals surface area contributed by atoms with Crippen molar-refractivity contribution in [3.63, 3.8) is 0 Å². The number of nitrogens with two attached hydrogens (primary N) is 1. The zero-order chi connectivity index (χ0) is 12.7.